The van der Waals surface area contributed by atoms with Crippen molar-refractivity contribution < 1.29 is 9.90 Å². The molecule has 0 spiro atoms. The van der Waals surface area contributed by atoms with Crippen molar-refractivity contribution in [3.8, 4) is 6.07 Å². The average Bonchev–Trinajstić information content (AvgIpc) is 2.77. The third kappa shape index (κ3) is 3.82. The van der Waals surface area contributed by atoms with E-state index in [1.807, 2.05) is 0 Å². The lowest BCUT2D eigenvalue weighted by Crippen LogP contribution is -2.42. The molecule has 2 rings (SSSR count). The summed E-state index contributed by atoms with van der Waals surface area (Å²) in [5.74, 6) is -0.154. The van der Waals surface area contributed by atoms with Crippen LogP contribution in [0.2, 0.25) is 0 Å². The summed E-state index contributed by atoms with van der Waals surface area (Å²) >= 11 is 3.30. The number of amides is 1. The largest absolute Gasteiger partial charge is 0.400 e. The van der Waals surface area contributed by atoms with Crippen molar-refractivity contribution in [2.45, 2.75) is 25.8 Å². The molecule has 0 saturated carbocycles. The van der Waals surface area contributed by atoms with Crippen molar-refractivity contribution in [2.75, 3.05) is 20.2 Å². The highest BCUT2D eigenvalue weighted by molar-refractivity contribution is 9.10. The van der Waals surface area contributed by atoms with Gasteiger partial charge in [-0.1, -0.05) is 0 Å². The van der Waals surface area contributed by atoms with Gasteiger partial charge in [-0.25, -0.2) is 0 Å². The smallest absolute Gasteiger partial charge is 0.269 e. The van der Waals surface area contributed by atoms with E-state index in [0.717, 1.165) is 33.0 Å². The van der Waals surface area contributed by atoms with Gasteiger partial charge in [-0.15, -0.1) is 0 Å². The maximum Gasteiger partial charge on any atom is 0.269 e. The summed E-state index contributed by atoms with van der Waals surface area (Å²) in [4.78, 5) is 15.1. The Morgan fingerprint density at radius 3 is 2.55 bits per heavy atom. The number of carbonyl (C=O) groups excluding carboxylic acids is 1. The van der Waals surface area contributed by atoms with Crippen LogP contribution in [0.25, 0.3) is 0 Å². The zero-order valence-corrected chi connectivity index (χ0v) is 13.2. The highest BCUT2D eigenvalue weighted by Crippen LogP contribution is 2.24. The first-order valence-corrected chi connectivity index (χ1v) is 7.17. The second kappa shape index (κ2) is 8.04. The summed E-state index contributed by atoms with van der Waals surface area (Å²) in [7, 11) is 1.00. The Balaban J connectivity index is 0.000000956. The minimum atomic E-state index is -0.154. The van der Waals surface area contributed by atoms with Gasteiger partial charge in [-0.3, -0.25) is 4.79 Å². The van der Waals surface area contributed by atoms with E-state index in [1.54, 1.807) is 6.92 Å². The molecule has 1 aliphatic heterocycles. The fourth-order valence-corrected chi connectivity index (χ4v) is 2.77. The van der Waals surface area contributed by atoms with E-state index in [9.17, 15) is 4.79 Å². The molecule has 110 valence electrons. The molecule has 1 saturated heterocycles. The maximum absolute atomic E-state index is 12.1. The number of halogens is 1. The molecule has 4 N–H and O–H groups in total. The number of aromatic amines is 1. The molecule has 0 atom stereocenters. The Morgan fingerprint density at radius 2 is 2.05 bits per heavy atom. The Kier molecular flexibility index (Phi) is 6.71. The molecule has 1 amide bonds. The van der Waals surface area contributed by atoms with Crippen molar-refractivity contribution in [1.29, 1.82) is 5.26 Å². The molecule has 6 nitrogen and oxygen atoms in total. The van der Waals surface area contributed by atoms with Crippen LogP contribution in [0.15, 0.2) is 4.47 Å². The number of hydrogen-bond acceptors (Lipinski definition) is 4. The summed E-state index contributed by atoms with van der Waals surface area (Å²) in [5.41, 5.74) is 1.63. The number of nitriles is 1. The number of H-pyrrole nitrogens is 1. The zero-order chi connectivity index (χ0) is 15.1. The summed E-state index contributed by atoms with van der Waals surface area (Å²) in [6, 6.07) is 2.28. The molecule has 0 unspecified atom stereocenters. The summed E-state index contributed by atoms with van der Waals surface area (Å²) in [5, 5.41) is 22.2. The van der Waals surface area contributed by atoms with Gasteiger partial charge in [0.25, 0.3) is 5.91 Å². The summed E-state index contributed by atoms with van der Waals surface area (Å²) in [6.07, 6.45) is 1.88. The molecule has 0 bridgehead atoms. The first-order valence-electron chi connectivity index (χ1n) is 6.38. The minimum absolute atomic E-state index is 0.154. The van der Waals surface area contributed by atoms with E-state index in [-0.39, 0.29) is 11.9 Å². The van der Waals surface area contributed by atoms with E-state index in [0.29, 0.717) is 21.4 Å². The van der Waals surface area contributed by atoms with E-state index in [2.05, 4.69) is 37.6 Å². The van der Waals surface area contributed by atoms with Crippen LogP contribution in [0.1, 0.15) is 34.6 Å². The first-order chi connectivity index (χ1) is 9.63. The molecular weight excluding hydrogens is 324 g/mol. The van der Waals surface area contributed by atoms with Crippen LogP contribution in [-0.4, -0.2) is 42.2 Å². The number of rotatable bonds is 2. The second-order valence-corrected chi connectivity index (χ2v) is 5.22. The lowest BCUT2D eigenvalue weighted by Gasteiger charge is -2.23. The predicted molar refractivity (Wildman–Crippen MR) is 79.4 cm³/mol. The van der Waals surface area contributed by atoms with Gasteiger partial charge >= 0.3 is 0 Å². The van der Waals surface area contributed by atoms with Crippen LogP contribution >= 0.6 is 15.9 Å². The molecule has 0 aromatic carbocycles. The molecular formula is C13H19BrN4O2. The van der Waals surface area contributed by atoms with Crippen molar-refractivity contribution in [2.24, 2.45) is 0 Å². The predicted octanol–water partition coefficient (Wildman–Crippen LogP) is 1.05. The van der Waals surface area contributed by atoms with Gasteiger partial charge < -0.3 is 20.7 Å². The quantitative estimate of drug-likeness (QED) is 0.645. The number of nitrogens with zero attached hydrogens (tertiary/aromatic N) is 1. The standard InChI is InChI=1S/C12H15BrN4O.CH4O/c1-7-9(6-14)10(13)11(16-7)12(18)17-8-2-4-15-5-3-8;1-2/h8,15-16H,2-5H2,1H3,(H,17,18);2H,1H3. The van der Waals surface area contributed by atoms with Crippen molar-refractivity contribution in [3.63, 3.8) is 0 Å². The molecule has 20 heavy (non-hydrogen) atoms. The van der Waals surface area contributed by atoms with Gasteiger partial charge in [-0.2, -0.15) is 5.26 Å². The molecule has 2 heterocycles. The van der Waals surface area contributed by atoms with Gasteiger partial charge in [0.05, 0.1) is 10.0 Å². The van der Waals surface area contributed by atoms with Crippen LogP contribution in [0.5, 0.6) is 0 Å². The number of piperidine rings is 1. The van der Waals surface area contributed by atoms with Gasteiger partial charge in [0.15, 0.2) is 0 Å². The van der Waals surface area contributed by atoms with E-state index < -0.39 is 0 Å². The third-order valence-electron chi connectivity index (χ3n) is 3.14. The lowest BCUT2D eigenvalue weighted by atomic mass is 10.1. The van der Waals surface area contributed by atoms with Crippen LogP contribution in [0.4, 0.5) is 0 Å². The monoisotopic (exact) mass is 342 g/mol. The first kappa shape index (κ1) is 16.7. The van der Waals surface area contributed by atoms with Crippen molar-refractivity contribution in [3.05, 3.63) is 21.4 Å². The number of nitrogens with one attached hydrogen (secondary N) is 3. The van der Waals surface area contributed by atoms with Crippen molar-refractivity contribution >= 4 is 21.8 Å². The topological polar surface area (TPSA) is 101 Å². The van der Waals surface area contributed by atoms with Crippen LogP contribution < -0.4 is 10.6 Å². The summed E-state index contributed by atoms with van der Waals surface area (Å²) < 4.78 is 0.550. The van der Waals surface area contributed by atoms with Crippen LogP contribution in [0, 0.1) is 18.3 Å². The van der Waals surface area contributed by atoms with E-state index >= 15 is 0 Å². The number of aryl methyl sites for hydroxylation is 1. The molecule has 1 aromatic rings. The fourth-order valence-electron chi connectivity index (χ4n) is 2.11. The average molecular weight is 343 g/mol. The zero-order valence-electron chi connectivity index (χ0n) is 11.6. The number of aliphatic hydroxyl groups excluding tert-OH is 1. The third-order valence-corrected chi connectivity index (χ3v) is 3.93. The van der Waals surface area contributed by atoms with E-state index in [4.69, 9.17) is 10.4 Å². The Hall–Kier alpha value is -1.36. The molecule has 0 aliphatic carbocycles. The minimum Gasteiger partial charge on any atom is -0.400 e. The molecule has 1 aliphatic rings. The van der Waals surface area contributed by atoms with Gasteiger partial charge in [-0.05, 0) is 48.8 Å². The van der Waals surface area contributed by atoms with Gasteiger partial charge in [0, 0.05) is 18.8 Å². The van der Waals surface area contributed by atoms with Gasteiger partial charge in [0.2, 0.25) is 0 Å². The van der Waals surface area contributed by atoms with Gasteiger partial charge in [0.1, 0.15) is 11.8 Å². The Morgan fingerprint density at radius 1 is 1.45 bits per heavy atom. The second-order valence-electron chi connectivity index (χ2n) is 4.42. The number of aromatic nitrogens is 1. The number of carbonyl (C=O) groups is 1. The lowest BCUT2D eigenvalue weighted by molar-refractivity contribution is 0.0924. The molecule has 1 fully saturated rings. The maximum atomic E-state index is 12.1. The van der Waals surface area contributed by atoms with Crippen molar-refractivity contribution in [1.82, 2.24) is 15.6 Å². The molecule has 7 heteroatoms. The Bertz CT molecular complexity index is 501. The normalized spacial score (nSPS) is 14.9. The van der Waals surface area contributed by atoms with E-state index in [1.165, 1.54) is 0 Å². The number of hydrogen-bond donors (Lipinski definition) is 4. The molecule has 1 aromatic heterocycles. The number of aliphatic hydroxyl groups is 1. The summed E-state index contributed by atoms with van der Waals surface area (Å²) in [6.45, 7) is 3.64. The van der Waals surface area contributed by atoms with Crippen LogP contribution in [-0.2, 0) is 0 Å². The highest BCUT2D eigenvalue weighted by atomic mass is 79.9. The fraction of sp³-hybridized carbons (Fsp3) is 0.538. The SMILES string of the molecule is CO.Cc1[nH]c(C(=O)NC2CCNCC2)c(Br)c1C#N. The Labute approximate surface area is 126 Å². The van der Waals surface area contributed by atoms with Crippen LogP contribution in [0.3, 0.4) is 0 Å². The molecule has 0 radical (unpaired) electrons. The highest BCUT2D eigenvalue weighted by Gasteiger charge is 2.21.